The number of aromatic nitrogens is 4. The molecule has 0 unspecified atom stereocenters. The van der Waals surface area contributed by atoms with E-state index in [2.05, 4.69) is 74.2 Å². The van der Waals surface area contributed by atoms with Crippen molar-refractivity contribution in [3.05, 3.63) is 63.7 Å². The molecule has 0 atom stereocenters. The molecule has 0 spiro atoms. The van der Waals surface area contributed by atoms with Gasteiger partial charge in [0.2, 0.25) is 0 Å². The Morgan fingerprint density at radius 1 is 0.967 bits per heavy atom. The van der Waals surface area contributed by atoms with Crippen LogP contribution in [0.25, 0.3) is 0 Å². The van der Waals surface area contributed by atoms with E-state index in [-0.39, 0.29) is 0 Å². The van der Waals surface area contributed by atoms with Crippen LogP contribution in [0.5, 0.6) is 0 Å². The van der Waals surface area contributed by atoms with Crippen molar-refractivity contribution < 1.29 is 0 Å². The normalized spacial score (nSPS) is 11.0. The molecule has 1 N–H and O–H groups in total. The van der Waals surface area contributed by atoms with Crippen LogP contribution in [0.2, 0.25) is 0 Å². The van der Waals surface area contributed by atoms with E-state index < -0.39 is 0 Å². The number of hydrogen-bond donors (Lipinski definition) is 1. The Morgan fingerprint density at radius 3 is 2.20 bits per heavy atom. The molecule has 3 rings (SSSR count). The minimum absolute atomic E-state index is 0.680. The molecule has 6 nitrogen and oxygen atoms in total. The summed E-state index contributed by atoms with van der Waals surface area (Å²) in [5.41, 5.74) is 8.99. The zero-order valence-electron chi connectivity index (χ0n) is 19.1. The lowest BCUT2D eigenvalue weighted by atomic mass is 10.1. The van der Waals surface area contributed by atoms with E-state index >= 15 is 0 Å². The number of aryl methyl sites for hydroxylation is 4. The van der Waals surface area contributed by atoms with Crippen molar-refractivity contribution in [3.63, 3.8) is 0 Å². The third-order valence-corrected chi connectivity index (χ3v) is 6.05. The van der Waals surface area contributed by atoms with Crippen LogP contribution in [-0.2, 0) is 19.6 Å². The first-order valence-electron chi connectivity index (χ1n) is 10.4. The van der Waals surface area contributed by atoms with Crippen molar-refractivity contribution in [1.82, 2.24) is 24.5 Å². The van der Waals surface area contributed by atoms with E-state index in [1.165, 1.54) is 22.4 Å². The highest BCUT2D eigenvalue weighted by molar-refractivity contribution is 7.80. The van der Waals surface area contributed by atoms with Crippen LogP contribution < -0.4 is 5.32 Å². The predicted octanol–water partition coefficient (Wildman–Crippen LogP) is 4.52. The molecule has 160 valence electrons. The molecule has 1 aromatic carbocycles. The molecule has 2 aromatic heterocycles. The Hall–Kier alpha value is -2.67. The van der Waals surface area contributed by atoms with Gasteiger partial charge in [0.25, 0.3) is 0 Å². The maximum atomic E-state index is 5.70. The number of anilines is 1. The summed E-state index contributed by atoms with van der Waals surface area (Å²) in [6.07, 6.45) is 0. The summed E-state index contributed by atoms with van der Waals surface area (Å²) in [4.78, 5) is 2.06. The third-order valence-electron chi connectivity index (χ3n) is 5.64. The second-order valence-electron chi connectivity index (χ2n) is 7.94. The van der Waals surface area contributed by atoms with E-state index in [1.54, 1.807) is 0 Å². The van der Waals surface area contributed by atoms with Crippen LogP contribution in [-0.4, -0.2) is 36.6 Å². The Labute approximate surface area is 184 Å². The van der Waals surface area contributed by atoms with Gasteiger partial charge in [0.15, 0.2) is 5.11 Å². The molecule has 0 radical (unpaired) electrons. The number of nitrogens with zero attached hydrogens (tertiary/aromatic N) is 5. The van der Waals surface area contributed by atoms with Crippen molar-refractivity contribution >= 4 is 23.0 Å². The topological polar surface area (TPSA) is 50.9 Å². The number of benzene rings is 1. The summed E-state index contributed by atoms with van der Waals surface area (Å²) >= 11 is 5.70. The molecule has 0 aliphatic heterocycles. The van der Waals surface area contributed by atoms with Gasteiger partial charge in [0.05, 0.1) is 29.3 Å². The fourth-order valence-electron chi connectivity index (χ4n) is 3.68. The van der Waals surface area contributed by atoms with Gasteiger partial charge in [0, 0.05) is 31.4 Å². The molecular formula is C23H32N6S. The summed E-state index contributed by atoms with van der Waals surface area (Å²) in [7, 11) is 2.01. The molecule has 3 aromatic rings. The van der Waals surface area contributed by atoms with E-state index in [4.69, 9.17) is 17.3 Å². The number of rotatable bonds is 6. The highest BCUT2D eigenvalue weighted by Crippen LogP contribution is 2.22. The standard InChI is InChI=1S/C23H32N6S/c1-8-28-18(5)21(16(3)25-28)14-27(7)23(30)24-22-17(4)26-29(19(22)6)13-20-11-9-15(2)10-12-20/h9-12H,8,13-14H2,1-7H3,(H,24,30). The first-order valence-corrected chi connectivity index (χ1v) is 10.8. The largest absolute Gasteiger partial charge is 0.348 e. The highest BCUT2D eigenvalue weighted by atomic mass is 32.1. The van der Waals surface area contributed by atoms with Crippen molar-refractivity contribution in [1.29, 1.82) is 0 Å². The van der Waals surface area contributed by atoms with Gasteiger partial charge >= 0.3 is 0 Å². The van der Waals surface area contributed by atoms with E-state index in [0.29, 0.717) is 5.11 Å². The van der Waals surface area contributed by atoms with Crippen LogP contribution in [0, 0.1) is 34.6 Å². The van der Waals surface area contributed by atoms with Crippen molar-refractivity contribution in [2.45, 2.75) is 61.2 Å². The molecular weight excluding hydrogens is 392 g/mol. The second-order valence-corrected chi connectivity index (χ2v) is 8.33. The Morgan fingerprint density at radius 2 is 1.60 bits per heavy atom. The average Bonchev–Trinajstić information content (AvgIpc) is 3.13. The number of thiocarbonyl (C=S) groups is 1. The van der Waals surface area contributed by atoms with E-state index in [1.807, 2.05) is 23.3 Å². The Balaban J connectivity index is 1.72. The predicted molar refractivity (Wildman–Crippen MR) is 127 cm³/mol. The fraction of sp³-hybridized carbons (Fsp3) is 0.435. The highest BCUT2D eigenvalue weighted by Gasteiger charge is 2.17. The fourth-order valence-corrected chi connectivity index (χ4v) is 3.85. The molecule has 0 aliphatic carbocycles. The van der Waals surface area contributed by atoms with Gasteiger partial charge in [-0.25, -0.2) is 0 Å². The number of hydrogen-bond acceptors (Lipinski definition) is 3. The molecule has 0 saturated carbocycles. The minimum atomic E-state index is 0.680. The summed E-state index contributed by atoms with van der Waals surface area (Å²) in [5, 5.41) is 13.4. The zero-order valence-corrected chi connectivity index (χ0v) is 19.9. The van der Waals surface area contributed by atoms with Crippen LogP contribution in [0.4, 0.5) is 5.69 Å². The SMILES string of the molecule is CCn1nc(C)c(CN(C)C(=S)Nc2c(C)nn(Cc3ccc(C)cc3)c2C)c1C. The Bertz CT molecular complexity index is 1040. The molecule has 0 aliphatic rings. The van der Waals surface area contributed by atoms with Gasteiger partial charge in [0.1, 0.15) is 0 Å². The van der Waals surface area contributed by atoms with E-state index in [0.717, 1.165) is 42.4 Å². The van der Waals surface area contributed by atoms with E-state index in [9.17, 15) is 0 Å². The van der Waals surface area contributed by atoms with Crippen molar-refractivity contribution in [2.75, 3.05) is 12.4 Å². The van der Waals surface area contributed by atoms with Crippen molar-refractivity contribution in [3.8, 4) is 0 Å². The lowest BCUT2D eigenvalue weighted by Gasteiger charge is -2.21. The minimum Gasteiger partial charge on any atom is -0.348 e. The maximum Gasteiger partial charge on any atom is 0.173 e. The first kappa shape index (κ1) is 22.0. The average molecular weight is 425 g/mol. The lowest BCUT2D eigenvalue weighted by Crippen LogP contribution is -2.31. The number of nitrogens with one attached hydrogen (secondary N) is 1. The van der Waals surface area contributed by atoms with Gasteiger partial charge < -0.3 is 10.2 Å². The molecule has 0 bridgehead atoms. The molecule has 2 heterocycles. The molecule has 30 heavy (non-hydrogen) atoms. The smallest absolute Gasteiger partial charge is 0.173 e. The monoisotopic (exact) mass is 424 g/mol. The first-order chi connectivity index (χ1) is 14.2. The van der Waals surface area contributed by atoms with Gasteiger partial charge in [-0.2, -0.15) is 10.2 Å². The summed E-state index contributed by atoms with van der Waals surface area (Å²) in [6.45, 7) is 14.8. The molecule has 7 heteroatoms. The summed E-state index contributed by atoms with van der Waals surface area (Å²) in [5.74, 6) is 0. The van der Waals surface area contributed by atoms with Crippen LogP contribution >= 0.6 is 12.2 Å². The van der Waals surface area contributed by atoms with Gasteiger partial charge in [-0.15, -0.1) is 0 Å². The van der Waals surface area contributed by atoms with Crippen LogP contribution in [0.3, 0.4) is 0 Å². The maximum absolute atomic E-state index is 5.70. The Kier molecular flexibility index (Phi) is 6.61. The van der Waals surface area contributed by atoms with Gasteiger partial charge in [-0.1, -0.05) is 29.8 Å². The summed E-state index contributed by atoms with van der Waals surface area (Å²) < 4.78 is 4.07. The van der Waals surface area contributed by atoms with Gasteiger partial charge in [-0.3, -0.25) is 9.36 Å². The second kappa shape index (κ2) is 9.00. The zero-order chi connectivity index (χ0) is 22.0. The molecule has 0 fully saturated rings. The van der Waals surface area contributed by atoms with Crippen molar-refractivity contribution in [2.24, 2.45) is 0 Å². The lowest BCUT2D eigenvalue weighted by molar-refractivity contribution is 0.504. The third kappa shape index (κ3) is 4.56. The summed E-state index contributed by atoms with van der Waals surface area (Å²) in [6, 6.07) is 8.57. The van der Waals surface area contributed by atoms with Crippen LogP contribution in [0.15, 0.2) is 24.3 Å². The molecule has 0 amide bonds. The quantitative estimate of drug-likeness (QED) is 0.590. The van der Waals surface area contributed by atoms with Gasteiger partial charge in [-0.05, 0) is 59.3 Å². The molecule has 0 saturated heterocycles. The van der Waals surface area contributed by atoms with Crippen LogP contribution in [0.1, 0.15) is 46.4 Å².